The third-order valence-electron chi connectivity index (χ3n) is 6.44. The van der Waals surface area contributed by atoms with Gasteiger partial charge in [0.2, 0.25) is 5.91 Å². The van der Waals surface area contributed by atoms with Gasteiger partial charge in [-0.3, -0.25) is 9.69 Å². The fourth-order valence-corrected chi connectivity index (χ4v) is 4.93. The zero-order chi connectivity index (χ0) is 19.5. The van der Waals surface area contributed by atoms with E-state index in [0.717, 1.165) is 51.4 Å². The molecule has 3 heterocycles. The van der Waals surface area contributed by atoms with Crippen molar-refractivity contribution in [3.8, 4) is 5.75 Å². The standard InChI is InChI=1S/C22H33N3O3/c1-24(2)10-9-23-22(26)18-14-25(13-16-7-11-27-12-8-16)21-17-5-3-4-6-20(17)28-15-19(18)21/h3-6,16,18-19,21H,7-15H2,1-2H3,(H,23,26)/t18-,19+,21+/m1/s1. The summed E-state index contributed by atoms with van der Waals surface area (Å²) in [7, 11) is 4.05. The summed E-state index contributed by atoms with van der Waals surface area (Å²) >= 11 is 0. The third-order valence-corrected chi connectivity index (χ3v) is 6.44. The SMILES string of the molecule is CN(C)CCNC(=O)[C@@H]1CN(CC2CCOCC2)[C@H]2c3ccccc3OC[C@@H]12. The van der Waals surface area contributed by atoms with Crippen LogP contribution in [0.5, 0.6) is 5.75 Å². The molecule has 0 aromatic heterocycles. The van der Waals surface area contributed by atoms with E-state index in [0.29, 0.717) is 19.1 Å². The molecule has 3 aliphatic rings. The minimum atomic E-state index is -0.0136. The van der Waals surface area contributed by atoms with E-state index in [2.05, 4.69) is 33.3 Å². The quantitative estimate of drug-likeness (QED) is 0.806. The average molecular weight is 388 g/mol. The Morgan fingerprint density at radius 3 is 2.82 bits per heavy atom. The number of amides is 1. The summed E-state index contributed by atoms with van der Waals surface area (Å²) in [5, 5.41) is 3.15. The number of fused-ring (bicyclic) bond motifs is 3. The predicted octanol–water partition coefficient (Wildman–Crippen LogP) is 1.77. The van der Waals surface area contributed by atoms with Crippen LogP contribution in [0.1, 0.15) is 24.4 Å². The number of carbonyl (C=O) groups excluding carboxylic acids is 1. The van der Waals surface area contributed by atoms with Crippen molar-refractivity contribution in [1.29, 1.82) is 0 Å². The molecule has 0 aliphatic carbocycles. The van der Waals surface area contributed by atoms with Gasteiger partial charge in [0.1, 0.15) is 5.75 Å². The van der Waals surface area contributed by atoms with Crippen molar-refractivity contribution >= 4 is 5.91 Å². The highest BCUT2D eigenvalue weighted by atomic mass is 16.5. The summed E-state index contributed by atoms with van der Waals surface area (Å²) in [6, 6.07) is 8.62. The van der Waals surface area contributed by atoms with E-state index in [1.807, 2.05) is 20.2 Å². The van der Waals surface area contributed by atoms with Gasteiger partial charge < -0.3 is 19.7 Å². The minimum absolute atomic E-state index is 0.0136. The highest BCUT2D eigenvalue weighted by Crippen LogP contribution is 2.47. The Kier molecular flexibility index (Phi) is 6.19. The Morgan fingerprint density at radius 1 is 1.25 bits per heavy atom. The fourth-order valence-electron chi connectivity index (χ4n) is 4.93. The molecule has 1 N–H and O–H groups in total. The lowest BCUT2D eigenvalue weighted by atomic mass is 9.84. The molecule has 3 aliphatic heterocycles. The molecule has 2 saturated heterocycles. The summed E-state index contributed by atoms with van der Waals surface area (Å²) in [6.45, 7) is 5.76. The van der Waals surface area contributed by atoms with E-state index >= 15 is 0 Å². The monoisotopic (exact) mass is 387 g/mol. The first-order chi connectivity index (χ1) is 13.6. The normalized spacial score (nSPS) is 27.9. The van der Waals surface area contributed by atoms with E-state index in [9.17, 15) is 4.79 Å². The van der Waals surface area contributed by atoms with E-state index in [1.165, 1.54) is 5.56 Å². The number of rotatable bonds is 6. The van der Waals surface area contributed by atoms with Crippen LogP contribution in [0.2, 0.25) is 0 Å². The maximum Gasteiger partial charge on any atom is 0.224 e. The number of likely N-dealkylation sites (tertiary alicyclic amines) is 1. The first-order valence-electron chi connectivity index (χ1n) is 10.6. The van der Waals surface area contributed by atoms with Crippen LogP contribution in [0.3, 0.4) is 0 Å². The Labute approximate surface area is 168 Å². The van der Waals surface area contributed by atoms with Gasteiger partial charge in [0.25, 0.3) is 0 Å². The van der Waals surface area contributed by atoms with Crippen LogP contribution in [0.15, 0.2) is 24.3 Å². The first kappa shape index (κ1) is 19.7. The van der Waals surface area contributed by atoms with E-state index in [4.69, 9.17) is 9.47 Å². The summed E-state index contributed by atoms with van der Waals surface area (Å²) in [4.78, 5) is 17.6. The topological polar surface area (TPSA) is 54.0 Å². The third kappa shape index (κ3) is 4.19. The summed E-state index contributed by atoms with van der Waals surface area (Å²) in [5.41, 5.74) is 1.24. The van der Waals surface area contributed by atoms with Gasteiger partial charge in [0, 0.05) is 56.9 Å². The van der Waals surface area contributed by atoms with Crippen molar-refractivity contribution in [1.82, 2.24) is 15.1 Å². The molecule has 6 heteroatoms. The summed E-state index contributed by atoms with van der Waals surface area (Å²) in [6.07, 6.45) is 2.23. The molecule has 0 unspecified atom stereocenters. The lowest BCUT2D eigenvalue weighted by Crippen LogP contribution is -2.40. The molecule has 1 amide bonds. The number of nitrogens with one attached hydrogen (secondary N) is 1. The lowest BCUT2D eigenvalue weighted by Gasteiger charge is -2.36. The number of hydrogen-bond acceptors (Lipinski definition) is 5. The van der Waals surface area contributed by atoms with Gasteiger partial charge in [0.05, 0.1) is 12.5 Å². The zero-order valence-corrected chi connectivity index (χ0v) is 17.1. The molecule has 0 bridgehead atoms. The number of ether oxygens (including phenoxy) is 2. The zero-order valence-electron chi connectivity index (χ0n) is 17.1. The number of benzene rings is 1. The van der Waals surface area contributed by atoms with Gasteiger partial charge in [-0.15, -0.1) is 0 Å². The second-order valence-electron chi connectivity index (χ2n) is 8.67. The molecule has 0 saturated carbocycles. The van der Waals surface area contributed by atoms with E-state index < -0.39 is 0 Å². The van der Waals surface area contributed by atoms with Crippen LogP contribution >= 0.6 is 0 Å². The molecule has 3 atom stereocenters. The van der Waals surface area contributed by atoms with Crippen LogP contribution < -0.4 is 10.1 Å². The van der Waals surface area contributed by atoms with Crippen molar-refractivity contribution in [2.24, 2.45) is 17.8 Å². The fraction of sp³-hybridized carbons (Fsp3) is 0.682. The predicted molar refractivity (Wildman–Crippen MR) is 108 cm³/mol. The average Bonchev–Trinajstić information content (AvgIpc) is 3.07. The lowest BCUT2D eigenvalue weighted by molar-refractivity contribution is -0.126. The largest absolute Gasteiger partial charge is 0.493 e. The second-order valence-corrected chi connectivity index (χ2v) is 8.67. The molecule has 154 valence electrons. The first-order valence-corrected chi connectivity index (χ1v) is 10.6. The maximum atomic E-state index is 13.0. The Hall–Kier alpha value is -1.63. The van der Waals surface area contributed by atoms with Gasteiger partial charge in [-0.25, -0.2) is 0 Å². The molecule has 4 rings (SSSR count). The van der Waals surface area contributed by atoms with Crippen LogP contribution in [-0.4, -0.2) is 75.8 Å². The molecular weight excluding hydrogens is 354 g/mol. The number of para-hydroxylation sites is 1. The van der Waals surface area contributed by atoms with Crippen molar-refractivity contribution in [3.63, 3.8) is 0 Å². The molecule has 28 heavy (non-hydrogen) atoms. The summed E-state index contributed by atoms with van der Waals surface area (Å²) in [5.74, 6) is 2.01. The van der Waals surface area contributed by atoms with Crippen LogP contribution in [0.25, 0.3) is 0 Å². The van der Waals surface area contributed by atoms with Gasteiger partial charge in [-0.1, -0.05) is 18.2 Å². The van der Waals surface area contributed by atoms with Crippen molar-refractivity contribution in [2.75, 3.05) is 60.1 Å². The minimum Gasteiger partial charge on any atom is -0.493 e. The molecule has 1 aromatic carbocycles. The number of nitrogens with zero attached hydrogens (tertiary/aromatic N) is 2. The summed E-state index contributed by atoms with van der Waals surface area (Å²) < 4.78 is 11.6. The van der Waals surface area contributed by atoms with Crippen LogP contribution in [0.4, 0.5) is 0 Å². The molecule has 1 aromatic rings. The Morgan fingerprint density at radius 2 is 2.04 bits per heavy atom. The number of hydrogen-bond donors (Lipinski definition) is 1. The van der Waals surface area contributed by atoms with Crippen LogP contribution in [0, 0.1) is 17.8 Å². The van der Waals surface area contributed by atoms with Gasteiger partial charge in [0.15, 0.2) is 0 Å². The van der Waals surface area contributed by atoms with Crippen molar-refractivity contribution < 1.29 is 14.3 Å². The van der Waals surface area contributed by atoms with E-state index in [1.54, 1.807) is 0 Å². The van der Waals surface area contributed by atoms with Crippen molar-refractivity contribution in [3.05, 3.63) is 29.8 Å². The molecule has 0 radical (unpaired) electrons. The van der Waals surface area contributed by atoms with Crippen molar-refractivity contribution in [2.45, 2.75) is 18.9 Å². The Bertz CT molecular complexity index is 675. The molecule has 6 nitrogen and oxygen atoms in total. The molecule has 2 fully saturated rings. The van der Waals surface area contributed by atoms with Gasteiger partial charge in [-0.05, 0) is 38.9 Å². The van der Waals surface area contributed by atoms with Crippen LogP contribution in [-0.2, 0) is 9.53 Å². The van der Waals surface area contributed by atoms with Gasteiger partial charge in [-0.2, -0.15) is 0 Å². The number of likely N-dealkylation sites (N-methyl/N-ethyl adjacent to an activating group) is 1. The highest BCUT2D eigenvalue weighted by Gasteiger charge is 2.49. The van der Waals surface area contributed by atoms with E-state index in [-0.39, 0.29) is 23.8 Å². The highest BCUT2D eigenvalue weighted by molar-refractivity contribution is 5.80. The number of carbonyl (C=O) groups is 1. The smallest absolute Gasteiger partial charge is 0.224 e. The second kappa shape index (κ2) is 8.80. The maximum absolute atomic E-state index is 13.0. The Balaban J connectivity index is 1.51. The van der Waals surface area contributed by atoms with Gasteiger partial charge >= 0.3 is 0 Å². The molecule has 0 spiro atoms. The molecular formula is C22H33N3O3.